The molecule has 154 valence electrons. The standard InChI is InChI=1S/C18H20ClF3N2O4/c1-17(28,18(20,21)22)15(25)23-6-4-10-7-11(19)8-12(13(10)9-23)14-3-2-5-24(14)16(26)27/h7-8,14,28H,2-6,9H2,1H3,(H,26,27). The highest BCUT2D eigenvalue weighted by molar-refractivity contribution is 6.30. The maximum absolute atomic E-state index is 13.1. The summed E-state index contributed by atoms with van der Waals surface area (Å²) in [5, 5.41) is 19.6. The van der Waals surface area contributed by atoms with Gasteiger partial charge in [-0.05, 0) is 55.0 Å². The summed E-state index contributed by atoms with van der Waals surface area (Å²) in [6.45, 7) is 0.658. The zero-order valence-electron chi connectivity index (χ0n) is 15.1. The summed E-state index contributed by atoms with van der Waals surface area (Å²) < 4.78 is 39.2. The highest BCUT2D eigenvalue weighted by Gasteiger charge is 2.57. The van der Waals surface area contributed by atoms with Crippen LogP contribution in [0.1, 0.15) is 42.5 Å². The summed E-state index contributed by atoms with van der Waals surface area (Å²) in [4.78, 5) is 26.1. The van der Waals surface area contributed by atoms with Crippen molar-refractivity contribution in [2.24, 2.45) is 0 Å². The summed E-state index contributed by atoms with van der Waals surface area (Å²) in [5.74, 6) is -1.42. The first-order valence-electron chi connectivity index (χ1n) is 8.82. The molecule has 1 aromatic carbocycles. The molecule has 6 nitrogen and oxygen atoms in total. The third kappa shape index (κ3) is 3.53. The Hall–Kier alpha value is -2.00. The lowest BCUT2D eigenvalue weighted by Gasteiger charge is -2.37. The number of rotatable bonds is 2. The fourth-order valence-electron chi connectivity index (χ4n) is 3.88. The van der Waals surface area contributed by atoms with Gasteiger partial charge in [0.1, 0.15) is 0 Å². The molecule has 2 amide bonds. The van der Waals surface area contributed by atoms with Crippen LogP contribution in [0.3, 0.4) is 0 Å². The lowest BCUT2D eigenvalue weighted by Crippen LogP contribution is -2.56. The fraction of sp³-hybridized carbons (Fsp3) is 0.556. The molecule has 2 aliphatic rings. The number of fused-ring (bicyclic) bond motifs is 1. The SMILES string of the molecule is CC(O)(C(=O)N1CCc2cc(Cl)cc(C3CCCN3C(=O)O)c2C1)C(F)(F)F. The third-order valence-electron chi connectivity index (χ3n) is 5.45. The molecule has 0 aliphatic carbocycles. The van der Waals surface area contributed by atoms with Crippen LogP contribution in [-0.4, -0.2) is 56.9 Å². The minimum atomic E-state index is -5.10. The van der Waals surface area contributed by atoms with E-state index in [2.05, 4.69) is 0 Å². The lowest BCUT2D eigenvalue weighted by molar-refractivity contribution is -0.250. The van der Waals surface area contributed by atoms with E-state index in [1.165, 1.54) is 4.90 Å². The highest BCUT2D eigenvalue weighted by atomic mass is 35.5. The van der Waals surface area contributed by atoms with Gasteiger partial charge in [-0.25, -0.2) is 4.79 Å². The summed E-state index contributed by atoms with van der Waals surface area (Å²) in [6, 6.07) is 2.83. The van der Waals surface area contributed by atoms with Gasteiger partial charge < -0.3 is 20.0 Å². The van der Waals surface area contributed by atoms with Gasteiger partial charge >= 0.3 is 12.3 Å². The number of hydrogen-bond donors (Lipinski definition) is 2. The summed E-state index contributed by atoms with van der Waals surface area (Å²) in [6.07, 6.45) is -4.70. The predicted molar refractivity (Wildman–Crippen MR) is 94.0 cm³/mol. The normalized spacial score (nSPS) is 22.0. The van der Waals surface area contributed by atoms with Gasteiger partial charge in [-0.2, -0.15) is 13.2 Å². The van der Waals surface area contributed by atoms with Crippen LogP contribution in [0.15, 0.2) is 12.1 Å². The number of carboxylic acid groups (broad SMARTS) is 1. The van der Waals surface area contributed by atoms with Crippen molar-refractivity contribution in [1.29, 1.82) is 0 Å². The van der Waals surface area contributed by atoms with Gasteiger partial charge in [-0.15, -0.1) is 0 Å². The maximum Gasteiger partial charge on any atom is 0.426 e. The molecule has 1 aromatic rings. The smallest absolute Gasteiger partial charge is 0.426 e. The minimum Gasteiger partial charge on any atom is -0.465 e. The first kappa shape index (κ1) is 20.7. The summed E-state index contributed by atoms with van der Waals surface area (Å²) >= 11 is 6.18. The Morgan fingerprint density at radius 3 is 2.54 bits per heavy atom. The number of likely N-dealkylation sites (tertiary alicyclic amines) is 1. The number of benzene rings is 1. The van der Waals surface area contributed by atoms with Gasteiger partial charge in [0.2, 0.25) is 5.60 Å². The molecule has 0 spiro atoms. The molecule has 2 heterocycles. The third-order valence-corrected chi connectivity index (χ3v) is 5.67. The van der Waals surface area contributed by atoms with Crippen molar-refractivity contribution in [2.45, 2.75) is 50.6 Å². The van der Waals surface area contributed by atoms with Crippen LogP contribution in [0.5, 0.6) is 0 Å². The van der Waals surface area contributed by atoms with E-state index in [-0.39, 0.29) is 19.5 Å². The van der Waals surface area contributed by atoms with Crippen LogP contribution in [0.4, 0.5) is 18.0 Å². The summed E-state index contributed by atoms with van der Waals surface area (Å²) in [7, 11) is 0. The molecule has 0 saturated carbocycles. The van der Waals surface area contributed by atoms with E-state index in [1.54, 1.807) is 12.1 Å². The van der Waals surface area contributed by atoms with E-state index in [9.17, 15) is 33.0 Å². The average molecular weight is 421 g/mol. The molecule has 0 aromatic heterocycles. The Morgan fingerprint density at radius 2 is 1.93 bits per heavy atom. The van der Waals surface area contributed by atoms with Gasteiger partial charge in [0.25, 0.3) is 5.91 Å². The van der Waals surface area contributed by atoms with Gasteiger partial charge in [0.05, 0.1) is 6.04 Å². The van der Waals surface area contributed by atoms with Crippen LogP contribution >= 0.6 is 11.6 Å². The van der Waals surface area contributed by atoms with E-state index in [0.717, 1.165) is 10.5 Å². The van der Waals surface area contributed by atoms with Crippen molar-refractivity contribution in [3.05, 3.63) is 33.8 Å². The second-order valence-electron chi connectivity index (χ2n) is 7.31. The van der Waals surface area contributed by atoms with Crippen molar-refractivity contribution < 1.29 is 33.0 Å². The fourth-order valence-corrected chi connectivity index (χ4v) is 4.13. The molecular weight excluding hydrogens is 401 g/mol. The molecule has 2 atom stereocenters. The molecular formula is C18H20ClF3N2O4. The van der Waals surface area contributed by atoms with E-state index < -0.39 is 29.8 Å². The maximum atomic E-state index is 13.1. The van der Waals surface area contributed by atoms with Crippen LogP contribution in [0, 0.1) is 0 Å². The van der Waals surface area contributed by atoms with E-state index >= 15 is 0 Å². The molecule has 28 heavy (non-hydrogen) atoms. The predicted octanol–water partition coefficient (Wildman–Crippen LogP) is 3.35. The topological polar surface area (TPSA) is 81.1 Å². The molecule has 2 unspecified atom stereocenters. The van der Waals surface area contributed by atoms with Crippen molar-refractivity contribution >= 4 is 23.6 Å². The van der Waals surface area contributed by atoms with Gasteiger partial charge in [0, 0.05) is 24.7 Å². The van der Waals surface area contributed by atoms with Crippen molar-refractivity contribution in [3.8, 4) is 0 Å². The van der Waals surface area contributed by atoms with E-state index in [1.807, 2.05) is 0 Å². The Bertz CT molecular complexity index is 813. The van der Waals surface area contributed by atoms with Crippen molar-refractivity contribution in [3.63, 3.8) is 0 Å². The highest BCUT2D eigenvalue weighted by Crippen LogP contribution is 2.39. The zero-order valence-corrected chi connectivity index (χ0v) is 15.8. The number of aliphatic hydroxyl groups is 1. The lowest BCUT2D eigenvalue weighted by atomic mass is 9.89. The van der Waals surface area contributed by atoms with Crippen LogP contribution < -0.4 is 0 Å². The van der Waals surface area contributed by atoms with Crippen LogP contribution in [-0.2, 0) is 17.8 Å². The number of alkyl halides is 3. The molecule has 1 saturated heterocycles. The molecule has 3 rings (SSSR count). The van der Waals surface area contributed by atoms with E-state index in [0.29, 0.717) is 42.5 Å². The van der Waals surface area contributed by atoms with Crippen molar-refractivity contribution in [1.82, 2.24) is 9.80 Å². The molecule has 1 fully saturated rings. The van der Waals surface area contributed by atoms with Gasteiger partial charge in [-0.1, -0.05) is 11.6 Å². The number of nitrogens with zero attached hydrogens (tertiary/aromatic N) is 2. The average Bonchev–Trinajstić information content (AvgIpc) is 3.08. The first-order valence-corrected chi connectivity index (χ1v) is 9.20. The Kier molecular flexibility index (Phi) is 5.26. The number of hydrogen-bond acceptors (Lipinski definition) is 3. The molecule has 2 N–H and O–H groups in total. The quantitative estimate of drug-likeness (QED) is 0.768. The Morgan fingerprint density at radius 1 is 1.25 bits per heavy atom. The van der Waals surface area contributed by atoms with E-state index in [4.69, 9.17) is 11.6 Å². The number of halogens is 4. The zero-order chi connectivity index (χ0) is 20.9. The number of amides is 2. The Labute approximate surface area is 164 Å². The Balaban J connectivity index is 1.97. The second kappa shape index (κ2) is 7.11. The first-order chi connectivity index (χ1) is 12.9. The molecule has 10 heteroatoms. The van der Waals surface area contributed by atoms with Gasteiger partial charge in [0.15, 0.2) is 0 Å². The molecule has 0 bridgehead atoms. The minimum absolute atomic E-state index is 0.00512. The van der Waals surface area contributed by atoms with Gasteiger partial charge in [-0.3, -0.25) is 4.79 Å². The monoisotopic (exact) mass is 420 g/mol. The molecule has 2 aliphatic heterocycles. The summed E-state index contributed by atoms with van der Waals surface area (Å²) in [5.41, 5.74) is -1.51. The van der Waals surface area contributed by atoms with Crippen LogP contribution in [0.2, 0.25) is 5.02 Å². The number of carbonyl (C=O) groups is 2. The number of carbonyl (C=O) groups excluding carboxylic acids is 1. The molecule has 0 radical (unpaired) electrons. The second-order valence-corrected chi connectivity index (χ2v) is 7.75. The van der Waals surface area contributed by atoms with Crippen molar-refractivity contribution in [2.75, 3.05) is 13.1 Å². The van der Waals surface area contributed by atoms with Crippen LogP contribution in [0.25, 0.3) is 0 Å². The largest absolute Gasteiger partial charge is 0.465 e.